The van der Waals surface area contributed by atoms with Gasteiger partial charge in [-0.3, -0.25) is 9.78 Å². The third kappa shape index (κ3) is 3.75. The Morgan fingerprint density at radius 2 is 2.12 bits per heavy atom. The molecule has 0 radical (unpaired) electrons. The highest BCUT2D eigenvalue weighted by atomic mass is 32.1. The molecule has 2 aromatic heterocycles. The molecule has 4 rings (SSSR count). The fourth-order valence-electron chi connectivity index (χ4n) is 3.70. The summed E-state index contributed by atoms with van der Waals surface area (Å²) < 4.78 is 0. The van der Waals surface area contributed by atoms with Gasteiger partial charge in [0.15, 0.2) is 0 Å². The second-order valence-corrected chi connectivity index (χ2v) is 8.22. The minimum Gasteiger partial charge on any atom is -0.393 e. The molecule has 0 aliphatic heterocycles. The number of aliphatic hydroxyl groups is 1. The summed E-state index contributed by atoms with van der Waals surface area (Å²) in [6.07, 6.45) is 8.79. The summed E-state index contributed by atoms with van der Waals surface area (Å²) in [6, 6.07) is 3.96. The number of hydrogen-bond donors (Lipinski definition) is 2. The number of amides is 1. The SMILES string of the molecule is O=C(NCCC1CC(O)C1)C1CCc2sc(-c3ccncc3)nc2C1. The van der Waals surface area contributed by atoms with Crippen molar-refractivity contribution in [2.24, 2.45) is 11.8 Å². The summed E-state index contributed by atoms with van der Waals surface area (Å²) in [6.45, 7) is 0.721. The third-order valence-corrected chi connectivity index (χ3v) is 6.51. The molecule has 1 saturated carbocycles. The smallest absolute Gasteiger partial charge is 0.223 e. The maximum atomic E-state index is 12.4. The fraction of sp³-hybridized carbons (Fsp3) is 0.526. The Labute approximate surface area is 151 Å². The van der Waals surface area contributed by atoms with Crippen molar-refractivity contribution in [1.82, 2.24) is 15.3 Å². The van der Waals surface area contributed by atoms with E-state index >= 15 is 0 Å². The number of carbonyl (C=O) groups is 1. The van der Waals surface area contributed by atoms with Gasteiger partial charge in [-0.1, -0.05) is 0 Å². The molecule has 0 saturated heterocycles. The Morgan fingerprint density at radius 1 is 1.32 bits per heavy atom. The van der Waals surface area contributed by atoms with Gasteiger partial charge in [0, 0.05) is 41.7 Å². The van der Waals surface area contributed by atoms with Gasteiger partial charge >= 0.3 is 0 Å². The van der Waals surface area contributed by atoms with Gasteiger partial charge in [-0.05, 0) is 50.2 Å². The second-order valence-electron chi connectivity index (χ2n) is 7.14. The molecule has 1 unspecified atom stereocenters. The lowest BCUT2D eigenvalue weighted by atomic mass is 9.80. The Hall–Kier alpha value is -1.79. The summed E-state index contributed by atoms with van der Waals surface area (Å²) in [4.78, 5) is 22.6. The number of pyridine rings is 1. The molecule has 5 nitrogen and oxygen atoms in total. The lowest BCUT2D eigenvalue weighted by Crippen LogP contribution is -2.37. The average Bonchev–Trinajstić information content (AvgIpc) is 3.04. The first-order valence-electron chi connectivity index (χ1n) is 9.04. The number of thiazole rings is 1. The Morgan fingerprint density at radius 3 is 2.88 bits per heavy atom. The number of aromatic nitrogens is 2. The van der Waals surface area contributed by atoms with Crippen molar-refractivity contribution in [3.63, 3.8) is 0 Å². The van der Waals surface area contributed by atoms with Crippen LogP contribution in [0.4, 0.5) is 0 Å². The summed E-state index contributed by atoms with van der Waals surface area (Å²) in [7, 11) is 0. The number of rotatable bonds is 5. The minimum absolute atomic E-state index is 0.0341. The van der Waals surface area contributed by atoms with Crippen molar-refractivity contribution in [3.05, 3.63) is 35.1 Å². The van der Waals surface area contributed by atoms with Crippen LogP contribution in [0.1, 0.15) is 36.3 Å². The van der Waals surface area contributed by atoms with Crippen LogP contribution in [0.15, 0.2) is 24.5 Å². The molecule has 132 valence electrons. The average molecular weight is 357 g/mol. The maximum absolute atomic E-state index is 12.4. The van der Waals surface area contributed by atoms with Crippen LogP contribution >= 0.6 is 11.3 Å². The first-order chi connectivity index (χ1) is 12.2. The van der Waals surface area contributed by atoms with E-state index < -0.39 is 0 Å². The van der Waals surface area contributed by atoms with Gasteiger partial charge in [-0.25, -0.2) is 4.98 Å². The van der Waals surface area contributed by atoms with Crippen LogP contribution in [0.2, 0.25) is 0 Å². The van der Waals surface area contributed by atoms with Crippen LogP contribution in [0, 0.1) is 11.8 Å². The van der Waals surface area contributed by atoms with Gasteiger partial charge in [0.1, 0.15) is 5.01 Å². The molecule has 2 aliphatic rings. The lowest BCUT2D eigenvalue weighted by Gasteiger charge is -2.31. The van der Waals surface area contributed by atoms with E-state index in [0.29, 0.717) is 5.92 Å². The van der Waals surface area contributed by atoms with Crippen LogP contribution in [0.5, 0.6) is 0 Å². The van der Waals surface area contributed by atoms with Crippen molar-refractivity contribution >= 4 is 17.2 Å². The fourth-order valence-corrected chi connectivity index (χ4v) is 4.81. The predicted molar refractivity (Wildman–Crippen MR) is 97.2 cm³/mol. The van der Waals surface area contributed by atoms with E-state index in [-0.39, 0.29) is 17.9 Å². The van der Waals surface area contributed by atoms with Crippen molar-refractivity contribution in [3.8, 4) is 10.6 Å². The van der Waals surface area contributed by atoms with Gasteiger partial charge in [0.05, 0.1) is 11.8 Å². The predicted octanol–water partition coefficient (Wildman–Crippen LogP) is 2.59. The lowest BCUT2D eigenvalue weighted by molar-refractivity contribution is -0.125. The normalized spacial score (nSPS) is 25.1. The number of carbonyl (C=O) groups excluding carboxylic acids is 1. The largest absolute Gasteiger partial charge is 0.393 e. The number of nitrogens with one attached hydrogen (secondary N) is 1. The molecule has 0 spiro atoms. The highest BCUT2D eigenvalue weighted by Gasteiger charge is 2.29. The molecule has 0 aromatic carbocycles. The Kier molecular flexibility index (Phi) is 4.81. The topological polar surface area (TPSA) is 75.1 Å². The van der Waals surface area contributed by atoms with Crippen molar-refractivity contribution in [1.29, 1.82) is 0 Å². The van der Waals surface area contributed by atoms with Crippen LogP contribution in [0.25, 0.3) is 10.6 Å². The van der Waals surface area contributed by atoms with Crippen molar-refractivity contribution in [2.45, 2.75) is 44.6 Å². The van der Waals surface area contributed by atoms with E-state index in [1.54, 1.807) is 23.7 Å². The van der Waals surface area contributed by atoms with E-state index in [1.807, 2.05) is 12.1 Å². The van der Waals surface area contributed by atoms with E-state index in [1.165, 1.54) is 4.88 Å². The zero-order chi connectivity index (χ0) is 17.2. The molecular weight excluding hydrogens is 334 g/mol. The molecule has 1 amide bonds. The molecule has 6 heteroatoms. The summed E-state index contributed by atoms with van der Waals surface area (Å²) in [5, 5.41) is 13.4. The van der Waals surface area contributed by atoms with Crippen LogP contribution in [0.3, 0.4) is 0 Å². The second kappa shape index (κ2) is 7.22. The summed E-state index contributed by atoms with van der Waals surface area (Å²) in [5.74, 6) is 0.769. The van der Waals surface area contributed by atoms with Crippen molar-refractivity contribution < 1.29 is 9.90 Å². The van der Waals surface area contributed by atoms with Crippen LogP contribution in [-0.4, -0.2) is 33.6 Å². The molecule has 2 heterocycles. The summed E-state index contributed by atoms with van der Waals surface area (Å²) >= 11 is 1.74. The first kappa shape index (κ1) is 16.7. The number of fused-ring (bicyclic) bond motifs is 1. The number of aryl methyl sites for hydroxylation is 1. The third-order valence-electron chi connectivity index (χ3n) is 5.30. The molecule has 0 bridgehead atoms. The molecule has 2 aliphatic carbocycles. The van der Waals surface area contributed by atoms with Gasteiger partial charge in [-0.2, -0.15) is 0 Å². The maximum Gasteiger partial charge on any atom is 0.223 e. The standard InChI is InChI=1S/C19H23N3O2S/c23-15-9-12(10-15)3-8-21-18(24)14-1-2-17-16(11-14)22-19(25-17)13-4-6-20-7-5-13/h4-7,12,14-15,23H,1-3,8-11H2,(H,21,24). The van der Waals surface area contributed by atoms with Crippen LogP contribution < -0.4 is 5.32 Å². The van der Waals surface area contributed by atoms with Gasteiger partial charge in [0.25, 0.3) is 0 Å². The minimum atomic E-state index is -0.114. The molecule has 2 aromatic rings. The van der Waals surface area contributed by atoms with E-state index in [4.69, 9.17) is 4.98 Å². The van der Waals surface area contributed by atoms with E-state index in [0.717, 1.165) is 61.3 Å². The quantitative estimate of drug-likeness (QED) is 0.862. The molecule has 1 atom stereocenters. The highest BCUT2D eigenvalue weighted by molar-refractivity contribution is 7.15. The first-order valence-corrected chi connectivity index (χ1v) is 9.85. The van der Waals surface area contributed by atoms with Crippen molar-refractivity contribution in [2.75, 3.05) is 6.54 Å². The molecule has 25 heavy (non-hydrogen) atoms. The highest BCUT2D eigenvalue weighted by Crippen LogP contribution is 2.34. The molecule has 2 N–H and O–H groups in total. The van der Waals surface area contributed by atoms with Crippen LogP contribution in [-0.2, 0) is 17.6 Å². The molecular formula is C19H23N3O2S. The number of aliphatic hydroxyl groups excluding tert-OH is 1. The number of hydrogen-bond acceptors (Lipinski definition) is 5. The molecule has 1 fully saturated rings. The van der Waals surface area contributed by atoms with Gasteiger partial charge in [0.2, 0.25) is 5.91 Å². The monoisotopic (exact) mass is 357 g/mol. The Bertz CT molecular complexity index is 740. The van der Waals surface area contributed by atoms with E-state index in [2.05, 4.69) is 10.3 Å². The van der Waals surface area contributed by atoms with Gasteiger partial charge in [-0.15, -0.1) is 11.3 Å². The zero-order valence-electron chi connectivity index (χ0n) is 14.1. The summed E-state index contributed by atoms with van der Waals surface area (Å²) in [5.41, 5.74) is 2.18. The zero-order valence-corrected chi connectivity index (χ0v) is 15.0. The Balaban J connectivity index is 1.33. The van der Waals surface area contributed by atoms with E-state index in [9.17, 15) is 9.90 Å². The number of nitrogens with zero attached hydrogens (tertiary/aromatic N) is 2. The van der Waals surface area contributed by atoms with Gasteiger partial charge < -0.3 is 10.4 Å².